The number of fused-ring (bicyclic) bond motifs is 3. The zero-order valence-electron chi connectivity index (χ0n) is 19.6. The number of benzene rings is 1. The Bertz CT molecular complexity index is 1140. The summed E-state index contributed by atoms with van der Waals surface area (Å²) in [6, 6.07) is 3.85. The van der Waals surface area contributed by atoms with E-state index in [1.807, 2.05) is 12.1 Å². The SMILES string of the molecule is COc1cc2c(cc1Nc1ncc(Cl)c(N[C@H]3[C@@H](C(=O)O)[C@@H]4C=C[C@H]3C4)n1)CCN(CCO)CC2. The molecule has 2 aliphatic carbocycles. The first-order valence-corrected chi connectivity index (χ1v) is 12.3. The monoisotopic (exact) mass is 499 g/mol. The Labute approximate surface area is 209 Å². The topological polar surface area (TPSA) is 120 Å². The van der Waals surface area contributed by atoms with Crippen molar-refractivity contribution in [2.45, 2.75) is 25.3 Å². The van der Waals surface area contributed by atoms with Gasteiger partial charge >= 0.3 is 5.97 Å². The summed E-state index contributed by atoms with van der Waals surface area (Å²) in [5, 5.41) is 25.9. The Balaban J connectivity index is 1.37. The first kappa shape index (κ1) is 23.8. The molecule has 0 saturated heterocycles. The first-order valence-electron chi connectivity index (χ1n) is 12.0. The van der Waals surface area contributed by atoms with Crippen molar-refractivity contribution in [3.8, 4) is 5.75 Å². The maximum atomic E-state index is 11.9. The van der Waals surface area contributed by atoms with Gasteiger partial charge in [-0.1, -0.05) is 23.8 Å². The Morgan fingerprint density at radius 2 is 1.97 bits per heavy atom. The maximum Gasteiger partial charge on any atom is 0.309 e. The highest BCUT2D eigenvalue weighted by Crippen LogP contribution is 2.45. The van der Waals surface area contributed by atoms with Crippen molar-refractivity contribution in [1.29, 1.82) is 0 Å². The number of aliphatic hydroxyl groups excluding tert-OH is 1. The van der Waals surface area contributed by atoms with Crippen molar-refractivity contribution in [2.75, 3.05) is 44.0 Å². The molecule has 0 spiro atoms. The van der Waals surface area contributed by atoms with Crippen LogP contribution in [0.5, 0.6) is 5.75 Å². The van der Waals surface area contributed by atoms with Crippen LogP contribution < -0.4 is 15.4 Å². The largest absolute Gasteiger partial charge is 0.495 e. The fourth-order valence-electron chi connectivity index (χ4n) is 5.60. The van der Waals surface area contributed by atoms with Crippen molar-refractivity contribution in [3.05, 3.63) is 46.6 Å². The molecular weight excluding hydrogens is 470 g/mol. The average Bonchev–Trinajstić information content (AvgIpc) is 3.39. The molecule has 1 saturated carbocycles. The molecule has 2 bridgehead atoms. The minimum atomic E-state index is -0.810. The first-order chi connectivity index (χ1) is 17.0. The van der Waals surface area contributed by atoms with E-state index in [0.717, 1.165) is 38.0 Å². The van der Waals surface area contributed by atoms with Crippen LogP contribution in [0.4, 0.5) is 17.5 Å². The molecule has 2 aromatic rings. The van der Waals surface area contributed by atoms with Gasteiger partial charge in [-0.15, -0.1) is 0 Å². The van der Waals surface area contributed by atoms with E-state index in [9.17, 15) is 15.0 Å². The zero-order valence-corrected chi connectivity index (χ0v) is 20.3. The number of nitrogens with one attached hydrogen (secondary N) is 2. The number of carboxylic acids is 1. The maximum absolute atomic E-state index is 11.9. The van der Waals surface area contributed by atoms with Gasteiger partial charge in [-0.25, -0.2) is 4.98 Å². The number of methoxy groups -OCH3 is 1. The van der Waals surface area contributed by atoms with E-state index in [0.29, 0.717) is 29.1 Å². The average molecular weight is 500 g/mol. The molecule has 1 fully saturated rings. The second-order valence-electron chi connectivity index (χ2n) is 9.38. The number of carboxylic acid groups (broad SMARTS) is 1. The molecule has 1 aromatic heterocycles. The summed E-state index contributed by atoms with van der Waals surface area (Å²) >= 11 is 6.39. The van der Waals surface area contributed by atoms with Crippen molar-refractivity contribution in [3.63, 3.8) is 0 Å². The number of ether oxygens (including phenoxy) is 1. The van der Waals surface area contributed by atoms with E-state index < -0.39 is 11.9 Å². The van der Waals surface area contributed by atoms with Gasteiger partial charge in [0.25, 0.3) is 0 Å². The third kappa shape index (κ3) is 4.80. The molecular formula is C25H30ClN5O4. The lowest BCUT2D eigenvalue weighted by atomic mass is 9.89. The van der Waals surface area contributed by atoms with Crippen LogP contribution in [0.3, 0.4) is 0 Å². The van der Waals surface area contributed by atoms with Crippen LogP contribution in [0.1, 0.15) is 17.5 Å². The Morgan fingerprint density at radius 3 is 2.69 bits per heavy atom. The van der Waals surface area contributed by atoms with Crippen molar-refractivity contribution in [1.82, 2.24) is 14.9 Å². The molecule has 186 valence electrons. The quantitative estimate of drug-likeness (QED) is 0.406. The number of carbonyl (C=O) groups is 1. The molecule has 1 aliphatic heterocycles. The van der Waals surface area contributed by atoms with E-state index >= 15 is 0 Å². The molecule has 4 atom stereocenters. The lowest BCUT2D eigenvalue weighted by molar-refractivity contribution is -0.142. The van der Waals surface area contributed by atoms with Crippen molar-refractivity contribution >= 4 is 35.0 Å². The van der Waals surface area contributed by atoms with E-state index in [2.05, 4.69) is 37.6 Å². The van der Waals surface area contributed by atoms with Gasteiger partial charge in [0.05, 0.1) is 31.5 Å². The van der Waals surface area contributed by atoms with Gasteiger partial charge in [0.2, 0.25) is 5.95 Å². The number of aliphatic hydroxyl groups is 1. The molecule has 2 heterocycles. The number of anilines is 3. The molecule has 0 radical (unpaired) electrons. The van der Waals surface area contributed by atoms with Gasteiger partial charge in [0.1, 0.15) is 10.8 Å². The predicted octanol–water partition coefficient (Wildman–Crippen LogP) is 2.96. The summed E-state index contributed by atoms with van der Waals surface area (Å²) in [6.45, 7) is 2.61. The van der Waals surface area contributed by atoms with Crippen LogP contribution in [0.2, 0.25) is 5.02 Å². The van der Waals surface area contributed by atoms with Gasteiger partial charge in [-0.2, -0.15) is 4.98 Å². The number of rotatable bonds is 8. The summed E-state index contributed by atoms with van der Waals surface area (Å²) in [7, 11) is 1.63. The van der Waals surface area contributed by atoms with Crippen LogP contribution in [0, 0.1) is 17.8 Å². The standard InChI is InChI=1S/C25H30ClN5O4/c1-35-20-12-15-5-7-31(8-9-32)6-4-14(15)11-19(20)28-25-27-13-18(26)23(30-25)29-22-17-3-2-16(10-17)21(22)24(33)34/h2-3,11-13,16-17,21-22,32H,4-10H2,1H3,(H,33,34)(H2,27,28,29,30)/t16-,17+,21+,22-/m1/s1. The Morgan fingerprint density at radius 1 is 1.23 bits per heavy atom. The highest BCUT2D eigenvalue weighted by molar-refractivity contribution is 6.32. The lowest BCUT2D eigenvalue weighted by Gasteiger charge is -2.26. The Kier molecular flexibility index (Phi) is 6.82. The van der Waals surface area contributed by atoms with Crippen LogP contribution in [0.15, 0.2) is 30.5 Å². The zero-order chi connectivity index (χ0) is 24.5. The van der Waals surface area contributed by atoms with Gasteiger partial charge in [-0.3, -0.25) is 4.79 Å². The summed E-state index contributed by atoms with van der Waals surface area (Å²) in [4.78, 5) is 23.0. The second-order valence-corrected chi connectivity index (χ2v) is 9.79. The normalized spacial score (nSPS) is 25.2. The number of β-amino-alcohol motifs (C(OH)–C–C–N with tert-alkyl or cyclic N) is 1. The van der Waals surface area contributed by atoms with Gasteiger partial charge in [0.15, 0.2) is 5.82 Å². The van der Waals surface area contributed by atoms with Crippen LogP contribution in [-0.4, -0.2) is 70.4 Å². The van der Waals surface area contributed by atoms with Crippen LogP contribution in [-0.2, 0) is 17.6 Å². The van der Waals surface area contributed by atoms with E-state index in [1.54, 1.807) is 7.11 Å². The number of nitrogens with zero attached hydrogens (tertiary/aromatic N) is 3. The van der Waals surface area contributed by atoms with E-state index in [1.165, 1.54) is 17.3 Å². The smallest absolute Gasteiger partial charge is 0.309 e. The number of halogens is 1. The summed E-state index contributed by atoms with van der Waals surface area (Å²) in [6.07, 6.45) is 8.18. The predicted molar refractivity (Wildman–Crippen MR) is 134 cm³/mol. The summed E-state index contributed by atoms with van der Waals surface area (Å²) in [5.74, 6) is 0.296. The van der Waals surface area contributed by atoms with Crippen LogP contribution in [0.25, 0.3) is 0 Å². The number of aliphatic carboxylic acids is 1. The number of aromatic nitrogens is 2. The van der Waals surface area contributed by atoms with Crippen LogP contribution >= 0.6 is 11.6 Å². The fraction of sp³-hybridized carbons (Fsp3) is 0.480. The highest BCUT2D eigenvalue weighted by Gasteiger charge is 2.48. The molecule has 0 amide bonds. The molecule has 35 heavy (non-hydrogen) atoms. The summed E-state index contributed by atoms with van der Waals surface area (Å²) < 4.78 is 5.65. The lowest BCUT2D eigenvalue weighted by Crippen LogP contribution is -2.38. The highest BCUT2D eigenvalue weighted by atomic mass is 35.5. The fourth-order valence-corrected chi connectivity index (χ4v) is 5.74. The molecule has 0 unspecified atom stereocenters. The number of hydrogen-bond acceptors (Lipinski definition) is 8. The van der Waals surface area contributed by atoms with E-state index in [4.69, 9.17) is 16.3 Å². The van der Waals surface area contributed by atoms with Gasteiger partial charge in [0, 0.05) is 25.7 Å². The van der Waals surface area contributed by atoms with Gasteiger partial charge in [-0.05, 0) is 54.4 Å². The second kappa shape index (κ2) is 10.0. The van der Waals surface area contributed by atoms with Crippen molar-refractivity contribution < 1.29 is 19.7 Å². The molecule has 9 nitrogen and oxygen atoms in total. The third-order valence-electron chi connectivity index (χ3n) is 7.37. The molecule has 1 aromatic carbocycles. The summed E-state index contributed by atoms with van der Waals surface area (Å²) in [5.41, 5.74) is 3.21. The number of allylic oxidation sites excluding steroid dienone is 1. The minimum absolute atomic E-state index is 0.0327. The third-order valence-corrected chi connectivity index (χ3v) is 7.65. The molecule has 3 aliphatic rings. The van der Waals surface area contributed by atoms with Crippen molar-refractivity contribution in [2.24, 2.45) is 17.8 Å². The molecule has 5 rings (SSSR count). The molecule has 4 N–H and O–H groups in total. The van der Waals surface area contributed by atoms with E-state index in [-0.39, 0.29) is 24.5 Å². The van der Waals surface area contributed by atoms with Gasteiger partial charge < -0.3 is 30.5 Å². The minimum Gasteiger partial charge on any atom is -0.495 e. The number of hydrogen-bond donors (Lipinski definition) is 4. The molecule has 10 heteroatoms. The Hall–Kier alpha value is -2.88.